The van der Waals surface area contributed by atoms with Gasteiger partial charge < -0.3 is 26.2 Å². The lowest BCUT2D eigenvalue weighted by Crippen LogP contribution is -2.40. The molecule has 0 aliphatic carbocycles. The summed E-state index contributed by atoms with van der Waals surface area (Å²) in [6.45, 7) is 7.88. The molecule has 1 fully saturated rings. The number of amides is 1. The molecule has 1 amide bonds. The van der Waals surface area contributed by atoms with E-state index < -0.39 is 12.2 Å². The molecule has 5 unspecified atom stereocenters. The zero-order valence-corrected chi connectivity index (χ0v) is 19.3. The summed E-state index contributed by atoms with van der Waals surface area (Å²) >= 11 is 0. The molecule has 0 aromatic carbocycles. The van der Waals surface area contributed by atoms with Crippen LogP contribution in [0.1, 0.15) is 85.0 Å². The number of likely N-dealkylation sites (tertiary alicyclic amines) is 1. The van der Waals surface area contributed by atoms with Crippen LogP contribution in [0.15, 0.2) is 0 Å². The fourth-order valence-corrected chi connectivity index (χ4v) is 4.19. The molecule has 0 saturated carbocycles. The van der Waals surface area contributed by atoms with E-state index in [9.17, 15) is 15.0 Å². The summed E-state index contributed by atoms with van der Waals surface area (Å²) in [6.07, 6.45) is 8.55. The SMILES string of the molecule is CC(C)C(N)CCCCCCC(C)C(O)CCNC(=O)CC(O)C1CCCN1C. The molecule has 0 aromatic rings. The smallest absolute Gasteiger partial charge is 0.222 e. The van der Waals surface area contributed by atoms with Crippen molar-refractivity contribution in [3.05, 3.63) is 0 Å². The number of nitrogens with two attached hydrogens (primary N) is 1. The molecule has 1 aliphatic rings. The highest BCUT2D eigenvalue weighted by atomic mass is 16.3. The summed E-state index contributed by atoms with van der Waals surface area (Å²) < 4.78 is 0. The van der Waals surface area contributed by atoms with Crippen LogP contribution in [-0.4, -0.2) is 65.4 Å². The van der Waals surface area contributed by atoms with Crippen molar-refractivity contribution in [1.82, 2.24) is 10.2 Å². The van der Waals surface area contributed by atoms with E-state index in [1.807, 2.05) is 7.05 Å². The molecule has 29 heavy (non-hydrogen) atoms. The van der Waals surface area contributed by atoms with Crippen molar-refractivity contribution in [2.75, 3.05) is 20.1 Å². The number of nitrogens with one attached hydrogen (secondary N) is 1. The molecule has 1 rings (SSSR count). The number of hydrogen-bond acceptors (Lipinski definition) is 5. The Kier molecular flexibility index (Phi) is 13.0. The Morgan fingerprint density at radius 2 is 1.76 bits per heavy atom. The van der Waals surface area contributed by atoms with E-state index in [1.54, 1.807) is 0 Å². The summed E-state index contributed by atoms with van der Waals surface area (Å²) in [4.78, 5) is 14.2. The number of unbranched alkanes of at least 4 members (excludes halogenated alkanes) is 3. The molecular weight excluding hydrogens is 366 g/mol. The van der Waals surface area contributed by atoms with Crippen molar-refractivity contribution in [2.45, 2.75) is 109 Å². The molecule has 1 heterocycles. The molecule has 1 saturated heterocycles. The van der Waals surface area contributed by atoms with Crippen LogP contribution >= 0.6 is 0 Å². The van der Waals surface area contributed by atoms with E-state index in [4.69, 9.17) is 5.73 Å². The first-order valence-electron chi connectivity index (χ1n) is 11.8. The fraction of sp³-hybridized carbons (Fsp3) is 0.957. The van der Waals surface area contributed by atoms with Gasteiger partial charge in [-0.2, -0.15) is 0 Å². The largest absolute Gasteiger partial charge is 0.393 e. The van der Waals surface area contributed by atoms with Crippen molar-refractivity contribution in [3.63, 3.8) is 0 Å². The first kappa shape index (κ1) is 26.3. The van der Waals surface area contributed by atoms with Gasteiger partial charge in [0.15, 0.2) is 0 Å². The van der Waals surface area contributed by atoms with Gasteiger partial charge >= 0.3 is 0 Å². The zero-order chi connectivity index (χ0) is 21.8. The van der Waals surface area contributed by atoms with Crippen LogP contribution in [0.2, 0.25) is 0 Å². The van der Waals surface area contributed by atoms with Crippen LogP contribution in [0.3, 0.4) is 0 Å². The average molecular weight is 414 g/mol. The Labute approximate surface area is 178 Å². The predicted octanol–water partition coefficient (Wildman–Crippen LogP) is 2.66. The van der Waals surface area contributed by atoms with Crippen LogP contribution in [0, 0.1) is 11.8 Å². The number of nitrogens with zero attached hydrogens (tertiary/aromatic N) is 1. The minimum absolute atomic E-state index is 0.0903. The molecule has 5 N–H and O–H groups in total. The fourth-order valence-electron chi connectivity index (χ4n) is 4.19. The second kappa shape index (κ2) is 14.3. The van der Waals surface area contributed by atoms with Crippen molar-refractivity contribution in [1.29, 1.82) is 0 Å². The number of aliphatic hydroxyl groups excluding tert-OH is 2. The second-order valence-electron chi connectivity index (χ2n) is 9.54. The van der Waals surface area contributed by atoms with Crippen LogP contribution in [0.5, 0.6) is 0 Å². The van der Waals surface area contributed by atoms with Gasteiger partial charge in [-0.25, -0.2) is 0 Å². The lowest BCUT2D eigenvalue weighted by Gasteiger charge is -2.24. The minimum atomic E-state index is -0.610. The van der Waals surface area contributed by atoms with Crippen LogP contribution < -0.4 is 11.1 Å². The molecule has 0 bridgehead atoms. The molecule has 0 spiro atoms. The molecule has 0 aromatic heterocycles. The Bertz CT molecular complexity index is 447. The van der Waals surface area contributed by atoms with Crippen molar-refractivity contribution in [2.24, 2.45) is 17.6 Å². The average Bonchev–Trinajstić information content (AvgIpc) is 3.09. The first-order chi connectivity index (χ1) is 13.7. The number of aliphatic hydroxyl groups is 2. The maximum atomic E-state index is 12.1. The van der Waals surface area contributed by atoms with Gasteiger partial charge in [0, 0.05) is 18.6 Å². The third kappa shape index (κ3) is 10.8. The quantitative estimate of drug-likeness (QED) is 0.309. The standard InChI is InChI=1S/C23H47N3O3/c1-17(2)19(24)11-8-6-5-7-10-18(3)21(27)13-14-25-23(29)16-22(28)20-12-9-15-26(20)4/h17-22,27-28H,5-16,24H2,1-4H3,(H,25,29). The van der Waals surface area contributed by atoms with Crippen molar-refractivity contribution in [3.8, 4) is 0 Å². The molecule has 0 radical (unpaired) electrons. The highest BCUT2D eigenvalue weighted by molar-refractivity contribution is 5.76. The highest BCUT2D eigenvalue weighted by Crippen LogP contribution is 2.20. The minimum Gasteiger partial charge on any atom is -0.393 e. The van der Waals surface area contributed by atoms with Gasteiger partial charge in [-0.1, -0.05) is 46.5 Å². The van der Waals surface area contributed by atoms with Gasteiger partial charge in [0.2, 0.25) is 5.91 Å². The maximum Gasteiger partial charge on any atom is 0.222 e. The summed E-state index contributed by atoms with van der Waals surface area (Å²) in [5, 5.41) is 23.4. The summed E-state index contributed by atoms with van der Waals surface area (Å²) in [5.41, 5.74) is 6.07. The molecule has 6 nitrogen and oxygen atoms in total. The second-order valence-corrected chi connectivity index (χ2v) is 9.54. The van der Waals surface area contributed by atoms with Gasteiger partial charge in [0.05, 0.1) is 18.6 Å². The van der Waals surface area contributed by atoms with Gasteiger partial charge in [-0.15, -0.1) is 0 Å². The van der Waals surface area contributed by atoms with Crippen molar-refractivity contribution >= 4 is 5.91 Å². The van der Waals surface area contributed by atoms with Gasteiger partial charge in [0.25, 0.3) is 0 Å². The normalized spacial score (nSPS) is 21.9. The third-order valence-electron chi connectivity index (χ3n) is 6.64. The van der Waals surface area contributed by atoms with Gasteiger partial charge in [-0.3, -0.25) is 4.79 Å². The summed E-state index contributed by atoms with van der Waals surface area (Å²) in [7, 11) is 2.00. The number of hydrogen-bond donors (Lipinski definition) is 4. The molecule has 6 heteroatoms. The van der Waals surface area contributed by atoms with Crippen LogP contribution in [0.25, 0.3) is 0 Å². The number of carbonyl (C=O) groups excluding carboxylic acids is 1. The predicted molar refractivity (Wildman–Crippen MR) is 120 cm³/mol. The Balaban J connectivity index is 2.06. The number of rotatable bonds is 15. The Morgan fingerprint density at radius 1 is 1.10 bits per heavy atom. The third-order valence-corrected chi connectivity index (χ3v) is 6.64. The van der Waals surface area contributed by atoms with Crippen LogP contribution in [-0.2, 0) is 4.79 Å². The van der Waals surface area contributed by atoms with Gasteiger partial charge in [0.1, 0.15) is 0 Å². The van der Waals surface area contributed by atoms with E-state index in [2.05, 4.69) is 31.0 Å². The number of carbonyl (C=O) groups is 1. The van der Waals surface area contributed by atoms with Crippen molar-refractivity contribution < 1.29 is 15.0 Å². The summed E-state index contributed by atoms with van der Waals surface area (Å²) in [5.74, 6) is 0.665. The topological polar surface area (TPSA) is 98.8 Å². The van der Waals surface area contributed by atoms with E-state index in [-0.39, 0.29) is 24.3 Å². The van der Waals surface area contributed by atoms with E-state index in [0.717, 1.165) is 38.6 Å². The maximum absolute atomic E-state index is 12.1. The number of likely N-dealkylation sites (N-methyl/N-ethyl adjacent to an activating group) is 1. The van der Waals surface area contributed by atoms with E-state index in [1.165, 1.54) is 19.3 Å². The monoisotopic (exact) mass is 413 g/mol. The molecular formula is C23H47N3O3. The molecule has 172 valence electrons. The lowest BCUT2D eigenvalue weighted by molar-refractivity contribution is -0.123. The highest BCUT2D eigenvalue weighted by Gasteiger charge is 2.29. The van der Waals surface area contributed by atoms with Gasteiger partial charge in [-0.05, 0) is 57.5 Å². The summed E-state index contributed by atoms with van der Waals surface area (Å²) in [6, 6.07) is 0.401. The zero-order valence-electron chi connectivity index (χ0n) is 19.3. The first-order valence-corrected chi connectivity index (χ1v) is 11.8. The Morgan fingerprint density at radius 3 is 2.34 bits per heavy atom. The lowest BCUT2D eigenvalue weighted by atomic mass is 9.94. The van der Waals surface area contributed by atoms with E-state index >= 15 is 0 Å². The van der Waals surface area contributed by atoms with Crippen LogP contribution in [0.4, 0.5) is 0 Å². The Hall–Kier alpha value is -0.690. The molecule has 1 aliphatic heterocycles. The van der Waals surface area contributed by atoms with E-state index in [0.29, 0.717) is 24.9 Å². The molecule has 5 atom stereocenters.